The number of hydrogen-bond donors (Lipinski definition) is 1. The number of aliphatic hydroxyl groups is 1. The molecule has 2 aromatic rings. The van der Waals surface area contributed by atoms with E-state index in [1.54, 1.807) is 32.6 Å². The Morgan fingerprint density at radius 2 is 2.00 bits per heavy atom. The Kier molecular flexibility index (Phi) is 4.29. The third kappa shape index (κ3) is 2.86. The second-order valence-corrected chi connectivity index (χ2v) is 7.52. The summed E-state index contributed by atoms with van der Waals surface area (Å²) in [5.74, 6) is -1.29. The highest BCUT2D eigenvalue weighted by molar-refractivity contribution is 5.98. The molecule has 2 heterocycles. The number of imidazole rings is 1. The van der Waals surface area contributed by atoms with Gasteiger partial charge in [-0.25, -0.2) is 4.98 Å². The Bertz CT molecular complexity index is 855. The number of nitrogens with zero attached hydrogens (tertiary/aromatic N) is 3. The van der Waals surface area contributed by atoms with Crippen molar-refractivity contribution in [1.29, 1.82) is 0 Å². The summed E-state index contributed by atoms with van der Waals surface area (Å²) in [5.41, 5.74) is 0.0151. The molecule has 0 spiro atoms. The molecule has 26 heavy (non-hydrogen) atoms. The number of aromatic nitrogens is 2. The maximum atomic E-state index is 13.3. The average Bonchev–Trinajstić information content (AvgIpc) is 3.04. The summed E-state index contributed by atoms with van der Waals surface area (Å²) in [4.78, 5) is 18.1. The zero-order chi connectivity index (χ0) is 19.4. The Morgan fingerprint density at radius 3 is 2.50 bits per heavy atom. The number of likely N-dealkylation sites (tertiary alicyclic amines) is 1. The lowest BCUT2D eigenvalue weighted by Gasteiger charge is -2.33. The van der Waals surface area contributed by atoms with Crippen molar-refractivity contribution < 1.29 is 23.1 Å². The molecule has 1 saturated heterocycles. The van der Waals surface area contributed by atoms with Crippen LogP contribution in [-0.4, -0.2) is 43.7 Å². The molecule has 0 unspecified atom stereocenters. The largest absolute Gasteiger partial charge is 0.449 e. The van der Waals surface area contributed by atoms with E-state index in [0.29, 0.717) is 18.5 Å². The van der Waals surface area contributed by atoms with Gasteiger partial charge in [0.25, 0.3) is 5.91 Å². The van der Waals surface area contributed by atoms with Gasteiger partial charge in [-0.1, -0.05) is 0 Å². The van der Waals surface area contributed by atoms with Crippen molar-refractivity contribution in [3.8, 4) is 0 Å². The smallest absolute Gasteiger partial charge is 0.391 e. The van der Waals surface area contributed by atoms with Crippen LogP contribution < -0.4 is 0 Å². The Balaban J connectivity index is 2.07. The summed E-state index contributed by atoms with van der Waals surface area (Å²) in [7, 11) is 0. The monoisotopic (exact) mass is 369 g/mol. The van der Waals surface area contributed by atoms with Gasteiger partial charge in [-0.15, -0.1) is 0 Å². The van der Waals surface area contributed by atoms with Crippen LogP contribution in [0.25, 0.3) is 11.0 Å². The Labute approximate surface area is 149 Å². The zero-order valence-electron chi connectivity index (χ0n) is 15.1. The molecule has 3 rings (SSSR count). The summed E-state index contributed by atoms with van der Waals surface area (Å²) in [6.45, 7) is 7.26. The van der Waals surface area contributed by atoms with Gasteiger partial charge in [0.2, 0.25) is 5.82 Å². The lowest BCUT2D eigenvalue weighted by atomic mass is 9.98. The fraction of sp³-hybridized carbons (Fsp3) is 0.556. The highest BCUT2D eigenvalue weighted by Crippen LogP contribution is 2.35. The molecule has 142 valence electrons. The molecule has 0 bridgehead atoms. The third-order valence-electron chi connectivity index (χ3n) is 5.09. The Morgan fingerprint density at radius 1 is 1.35 bits per heavy atom. The first kappa shape index (κ1) is 18.7. The van der Waals surface area contributed by atoms with Crippen LogP contribution in [-0.2, 0) is 6.18 Å². The molecule has 0 aliphatic carbocycles. The van der Waals surface area contributed by atoms with Crippen LogP contribution >= 0.6 is 0 Å². The van der Waals surface area contributed by atoms with E-state index in [1.165, 1.54) is 18.2 Å². The second kappa shape index (κ2) is 5.97. The first-order valence-corrected chi connectivity index (χ1v) is 8.53. The van der Waals surface area contributed by atoms with Gasteiger partial charge < -0.3 is 14.6 Å². The molecule has 1 amide bonds. The molecular weight excluding hydrogens is 347 g/mol. The number of amides is 1. The lowest BCUT2D eigenvalue weighted by molar-refractivity contribution is -0.147. The first-order valence-electron chi connectivity index (χ1n) is 8.53. The quantitative estimate of drug-likeness (QED) is 0.880. The molecule has 1 aromatic heterocycles. The molecule has 8 heteroatoms. The fourth-order valence-electron chi connectivity index (χ4n) is 3.55. The number of fused-ring (bicyclic) bond motifs is 1. The predicted molar refractivity (Wildman–Crippen MR) is 90.9 cm³/mol. The second-order valence-electron chi connectivity index (χ2n) is 7.52. The molecule has 0 saturated carbocycles. The fourth-order valence-corrected chi connectivity index (χ4v) is 3.55. The maximum Gasteiger partial charge on any atom is 0.449 e. The van der Waals surface area contributed by atoms with Crippen molar-refractivity contribution in [3.05, 3.63) is 29.6 Å². The molecule has 1 aliphatic rings. The van der Waals surface area contributed by atoms with Crippen LogP contribution in [0.1, 0.15) is 56.3 Å². The van der Waals surface area contributed by atoms with Gasteiger partial charge in [-0.2, -0.15) is 13.2 Å². The summed E-state index contributed by atoms with van der Waals surface area (Å²) in [5, 5.41) is 10.1. The van der Waals surface area contributed by atoms with Crippen molar-refractivity contribution in [3.63, 3.8) is 0 Å². The van der Waals surface area contributed by atoms with E-state index in [4.69, 9.17) is 0 Å². The average molecular weight is 369 g/mol. The number of carbonyl (C=O) groups is 1. The van der Waals surface area contributed by atoms with Gasteiger partial charge in [0, 0.05) is 18.2 Å². The van der Waals surface area contributed by atoms with E-state index in [1.807, 2.05) is 0 Å². The number of benzene rings is 1. The number of aliphatic hydroxyl groups excluding tert-OH is 1. The minimum atomic E-state index is -4.57. The van der Waals surface area contributed by atoms with E-state index in [9.17, 15) is 23.1 Å². The summed E-state index contributed by atoms with van der Waals surface area (Å²) in [6.07, 6.45) is -4.73. The SMILES string of the molecule is CC(C)n1c(C(F)(F)F)nc2cc(C(=O)N3CC[C@@H](O)C3(C)C)ccc21. The van der Waals surface area contributed by atoms with Crippen LogP contribution in [0, 0.1) is 0 Å². The summed E-state index contributed by atoms with van der Waals surface area (Å²) < 4.78 is 41.1. The molecule has 1 atom stereocenters. The number of rotatable bonds is 2. The van der Waals surface area contributed by atoms with Crippen LogP contribution in [0.2, 0.25) is 0 Å². The first-order chi connectivity index (χ1) is 11.9. The highest BCUT2D eigenvalue weighted by Gasteiger charge is 2.43. The summed E-state index contributed by atoms with van der Waals surface area (Å²) >= 11 is 0. The predicted octanol–water partition coefficient (Wildman–Crippen LogP) is 3.62. The van der Waals surface area contributed by atoms with Crippen molar-refractivity contribution in [1.82, 2.24) is 14.5 Å². The molecule has 5 nitrogen and oxygen atoms in total. The molecule has 1 N–H and O–H groups in total. The molecule has 1 aromatic carbocycles. The van der Waals surface area contributed by atoms with Gasteiger partial charge in [-0.3, -0.25) is 4.79 Å². The molecule has 1 fully saturated rings. The normalized spacial score (nSPS) is 20.3. The standard InChI is InChI=1S/C18H22F3N3O2/c1-10(2)24-13-6-5-11(9-12(13)22-16(24)18(19,20)21)15(26)23-8-7-14(25)17(23,3)4/h5-6,9-10,14,25H,7-8H2,1-4H3/t14-/m1/s1. The van der Waals surface area contributed by atoms with Gasteiger partial charge >= 0.3 is 6.18 Å². The summed E-state index contributed by atoms with van der Waals surface area (Å²) in [6, 6.07) is 3.99. The number of hydrogen-bond acceptors (Lipinski definition) is 3. The van der Waals surface area contributed by atoms with Crippen molar-refractivity contribution >= 4 is 16.9 Å². The van der Waals surface area contributed by atoms with Gasteiger partial charge in [-0.05, 0) is 52.3 Å². The van der Waals surface area contributed by atoms with Crippen molar-refractivity contribution in [2.75, 3.05) is 6.54 Å². The van der Waals surface area contributed by atoms with E-state index >= 15 is 0 Å². The van der Waals surface area contributed by atoms with Crippen LogP contribution in [0.3, 0.4) is 0 Å². The van der Waals surface area contributed by atoms with Crippen LogP contribution in [0.4, 0.5) is 13.2 Å². The van der Waals surface area contributed by atoms with Crippen LogP contribution in [0.15, 0.2) is 18.2 Å². The van der Waals surface area contributed by atoms with Gasteiger partial charge in [0.1, 0.15) is 0 Å². The van der Waals surface area contributed by atoms with Gasteiger partial charge in [0.15, 0.2) is 0 Å². The topological polar surface area (TPSA) is 58.4 Å². The highest BCUT2D eigenvalue weighted by atomic mass is 19.4. The molecular formula is C18H22F3N3O2. The minimum absolute atomic E-state index is 0.134. The Hall–Kier alpha value is -2.09. The van der Waals surface area contributed by atoms with E-state index in [0.717, 1.165) is 4.57 Å². The maximum absolute atomic E-state index is 13.3. The number of alkyl halides is 3. The van der Waals surface area contributed by atoms with Gasteiger partial charge in [0.05, 0.1) is 22.7 Å². The minimum Gasteiger partial charge on any atom is -0.391 e. The molecule has 0 radical (unpaired) electrons. The third-order valence-corrected chi connectivity index (χ3v) is 5.09. The van der Waals surface area contributed by atoms with E-state index in [2.05, 4.69) is 4.98 Å². The zero-order valence-corrected chi connectivity index (χ0v) is 15.1. The lowest BCUT2D eigenvalue weighted by Crippen LogP contribution is -2.48. The van der Waals surface area contributed by atoms with E-state index in [-0.39, 0.29) is 17.0 Å². The number of carbonyl (C=O) groups excluding carboxylic acids is 1. The molecule has 1 aliphatic heterocycles. The van der Waals surface area contributed by atoms with Crippen molar-refractivity contribution in [2.45, 2.75) is 58.0 Å². The van der Waals surface area contributed by atoms with Crippen LogP contribution in [0.5, 0.6) is 0 Å². The number of halogens is 3. The van der Waals surface area contributed by atoms with Crippen molar-refractivity contribution in [2.24, 2.45) is 0 Å². The van der Waals surface area contributed by atoms with E-state index < -0.39 is 29.7 Å².